The smallest absolute Gasteiger partial charge is 0.333 e. The fourth-order valence-electron chi connectivity index (χ4n) is 3.92. The number of carbonyl (C=O) groups is 1. The van der Waals surface area contributed by atoms with E-state index in [0.29, 0.717) is 17.0 Å². The minimum Gasteiger partial charge on any atom is -0.333 e. The number of alkyl halides is 3. The van der Waals surface area contributed by atoms with Gasteiger partial charge in [-0.25, -0.2) is 0 Å². The molecule has 2 heterocycles. The van der Waals surface area contributed by atoms with E-state index in [0.717, 1.165) is 22.6 Å². The van der Waals surface area contributed by atoms with Crippen LogP contribution >= 0.6 is 11.3 Å². The standard InChI is InChI=1S/C20H20F3N3OS/c1-18(2)9-13-14(10-24)17(28-15(13)19(3,4)26-18)25-16(27)11-6-5-7-12(8-11)20(21,22)23/h5-8,26H,9H2,1-4H3,(H,25,27)/p+1. The fraction of sp³-hybridized carbons (Fsp3) is 0.400. The molecule has 8 heteroatoms. The second-order valence-corrected chi connectivity index (χ2v) is 9.31. The molecule has 1 amide bonds. The molecule has 3 N–H and O–H groups in total. The third-order valence-corrected chi connectivity index (χ3v) is 6.25. The average Bonchev–Trinajstić information content (AvgIpc) is 2.90. The molecule has 3 rings (SSSR count). The molecule has 0 saturated carbocycles. The summed E-state index contributed by atoms with van der Waals surface area (Å²) in [5.41, 5.74) is -0.0587. The maximum Gasteiger partial charge on any atom is 0.416 e. The second-order valence-electron chi connectivity index (χ2n) is 8.29. The van der Waals surface area contributed by atoms with Crippen LogP contribution in [-0.2, 0) is 18.1 Å². The lowest BCUT2D eigenvalue weighted by molar-refractivity contribution is -0.789. The van der Waals surface area contributed by atoms with E-state index in [1.165, 1.54) is 23.5 Å². The first kappa shape index (κ1) is 20.4. The minimum absolute atomic E-state index is 0.101. The Morgan fingerprint density at radius 3 is 2.57 bits per heavy atom. The quantitative estimate of drug-likeness (QED) is 0.788. The second kappa shape index (κ2) is 6.61. The fourth-order valence-corrected chi connectivity index (χ4v) is 5.16. The number of amides is 1. The number of nitrogens with one attached hydrogen (secondary N) is 1. The monoisotopic (exact) mass is 408 g/mol. The Balaban J connectivity index is 1.98. The van der Waals surface area contributed by atoms with Crippen LogP contribution in [0.1, 0.15) is 59.6 Å². The van der Waals surface area contributed by atoms with Crippen LogP contribution in [0.4, 0.5) is 18.2 Å². The third kappa shape index (κ3) is 3.77. The molecule has 0 aliphatic carbocycles. The van der Waals surface area contributed by atoms with Crippen molar-refractivity contribution in [3.63, 3.8) is 0 Å². The molecule has 28 heavy (non-hydrogen) atoms. The van der Waals surface area contributed by atoms with Gasteiger partial charge in [0.25, 0.3) is 5.91 Å². The van der Waals surface area contributed by atoms with Gasteiger partial charge in [-0.1, -0.05) is 6.07 Å². The number of nitrogens with zero attached hydrogens (tertiary/aromatic N) is 1. The van der Waals surface area contributed by atoms with Crippen LogP contribution in [-0.4, -0.2) is 11.4 Å². The van der Waals surface area contributed by atoms with Crippen LogP contribution in [0.3, 0.4) is 0 Å². The zero-order valence-electron chi connectivity index (χ0n) is 16.0. The van der Waals surface area contributed by atoms with Gasteiger partial charge < -0.3 is 10.6 Å². The number of carbonyl (C=O) groups excluding carboxylic acids is 1. The Hall–Kier alpha value is -2.37. The topological polar surface area (TPSA) is 69.5 Å². The zero-order valence-corrected chi connectivity index (χ0v) is 16.8. The largest absolute Gasteiger partial charge is 0.416 e. The Labute approximate surface area is 165 Å². The van der Waals surface area contributed by atoms with Crippen LogP contribution in [0.2, 0.25) is 0 Å². The van der Waals surface area contributed by atoms with E-state index < -0.39 is 17.6 Å². The van der Waals surface area contributed by atoms with Gasteiger partial charge in [-0.3, -0.25) is 4.79 Å². The van der Waals surface area contributed by atoms with Crippen molar-refractivity contribution in [2.24, 2.45) is 0 Å². The minimum atomic E-state index is -4.53. The molecule has 148 valence electrons. The molecule has 0 spiro atoms. The van der Waals surface area contributed by atoms with Gasteiger partial charge in [0.2, 0.25) is 0 Å². The molecule has 0 fully saturated rings. The van der Waals surface area contributed by atoms with E-state index in [2.05, 4.69) is 44.4 Å². The Morgan fingerprint density at radius 2 is 1.96 bits per heavy atom. The van der Waals surface area contributed by atoms with Crippen molar-refractivity contribution in [3.05, 3.63) is 51.4 Å². The van der Waals surface area contributed by atoms with Crippen LogP contribution in [0.5, 0.6) is 0 Å². The summed E-state index contributed by atoms with van der Waals surface area (Å²) < 4.78 is 38.7. The van der Waals surface area contributed by atoms with Crippen LogP contribution < -0.4 is 10.6 Å². The van der Waals surface area contributed by atoms with Crippen molar-refractivity contribution < 1.29 is 23.3 Å². The van der Waals surface area contributed by atoms with E-state index >= 15 is 0 Å². The predicted molar refractivity (Wildman–Crippen MR) is 101 cm³/mol. The first-order chi connectivity index (χ1) is 12.8. The predicted octanol–water partition coefficient (Wildman–Crippen LogP) is 4.02. The van der Waals surface area contributed by atoms with E-state index in [1.54, 1.807) is 0 Å². The van der Waals surface area contributed by atoms with Crippen molar-refractivity contribution >= 4 is 22.2 Å². The van der Waals surface area contributed by atoms with Gasteiger partial charge in [0.15, 0.2) is 0 Å². The SMILES string of the molecule is CC1(C)Cc2c(sc(NC(=O)c3cccc(C(F)(F)F)c3)c2C#N)C(C)(C)[NH2+]1. The molecule has 2 aromatic rings. The summed E-state index contributed by atoms with van der Waals surface area (Å²) in [6.45, 7) is 8.31. The molecular weight excluding hydrogens is 387 g/mol. The average molecular weight is 408 g/mol. The summed E-state index contributed by atoms with van der Waals surface area (Å²) in [6.07, 6.45) is -3.86. The van der Waals surface area contributed by atoms with Gasteiger partial charge >= 0.3 is 6.18 Å². The Kier molecular flexibility index (Phi) is 4.80. The van der Waals surface area contributed by atoms with Crippen molar-refractivity contribution in [2.75, 3.05) is 5.32 Å². The number of fused-ring (bicyclic) bond motifs is 1. The summed E-state index contributed by atoms with van der Waals surface area (Å²) in [6, 6.07) is 6.43. The molecule has 0 bridgehead atoms. The van der Waals surface area contributed by atoms with Gasteiger partial charge in [-0.15, -0.1) is 11.3 Å². The molecule has 1 aromatic heterocycles. The molecular formula is C20H21F3N3OS+. The lowest BCUT2D eigenvalue weighted by Crippen LogP contribution is -3.03. The lowest BCUT2D eigenvalue weighted by atomic mass is 9.81. The Bertz CT molecular complexity index is 984. The number of nitrogens with two attached hydrogens (primary N) is 1. The summed E-state index contributed by atoms with van der Waals surface area (Å²) >= 11 is 1.32. The molecule has 0 unspecified atom stereocenters. The van der Waals surface area contributed by atoms with Crippen LogP contribution in [0, 0.1) is 11.3 Å². The van der Waals surface area contributed by atoms with Gasteiger partial charge in [0.1, 0.15) is 16.6 Å². The highest BCUT2D eigenvalue weighted by Crippen LogP contribution is 2.42. The number of halogens is 3. The highest BCUT2D eigenvalue weighted by Gasteiger charge is 2.44. The third-order valence-electron chi connectivity index (χ3n) is 4.77. The van der Waals surface area contributed by atoms with E-state index in [1.807, 2.05) is 0 Å². The van der Waals surface area contributed by atoms with Crippen molar-refractivity contribution in [3.8, 4) is 6.07 Å². The number of anilines is 1. The zero-order chi connectivity index (χ0) is 20.9. The van der Waals surface area contributed by atoms with Crippen molar-refractivity contribution in [1.82, 2.24) is 0 Å². The molecule has 0 saturated heterocycles. The lowest BCUT2D eigenvalue weighted by Gasteiger charge is -2.38. The summed E-state index contributed by atoms with van der Waals surface area (Å²) in [5, 5.41) is 15.0. The normalized spacial score (nSPS) is 17.5. The number of hydrogen-bond acceptors (Lipinski definition) is 3. The number of rotatable bonds is 2. The number of benzene rings is 1. The molecule has 0 radical (unpaired) electrons. The number of hydrogen-bond donors (Lipinski definition) is 2. The van der Waals surface area contributed by atoms with Crippen LogP contribution in [0.15, 0.2) is 24.3 Å². The number of thiophene rings is 1. The maximum absolute atomic E-state index is 12.9. The van der Waals surface area contributed by atoms with Crippen molar-refractivity contribution in [1.29, 1.82) is 5.26 Å². The van der Waals surface area contributed by atoms with E-state index in [9.17, 15) is 23.2 Å². The van der Waals surface area contributed by atoms with Crippen molar-refractivity contribution in [2.45, 2.75) is 51.4 Å². The highest BCUT2D eigenvalue weighted by molar-refractivity contribution is 7.16. The molecule has 1 aliphatic heterocycles. The van der Waals surface area contributed by atoms with E-state index in [-0.39, 0.29) is 16.6 Å². The summed E-state index contributed by atoms with van der Waals surface area (Å²) in [4.78, 5) is 13.6. The molecule has 4 nitrogen and oxygen atoms in total. The van der Waals surface area contributed by atoms with Gasteiger partial charge in [0, 0.05) is 12.0 Å². The first-order valence-corrected chi connectivity index (χ1v) is 9.58. The number of quaternary nitrogens is 1. The summed E-state index contributed by atoms with van der Waals surface area (Å²) in [5.74, 6) is -0.665. The number of nitriles is 1. The first-order valence-electron chi connectivity index (χ1n) is 8.76. The maximum atomic E-state index is 12.9. The van der Waals surface area contributed by atoms with Gasteiger partial charge in [-0.05, 0) is 51.5 Å². The molecule has 1 aliphatic rings. The van der Waals surface area contributed by atoms with Crippen LogP contribution in [0.25, 0.3) is 0 Å². The van der Waals surface area contributed by atoms with Gasteiger partial charge in [0.05, 0.1) is 21.5 Å². The summed E-state index contributed by atoms with van der Waals surface area (Å²) in [7, 11) is 0. The molecule has 1 aromatic carbocycles. The highest BCUT2D eigenvalue weighted by atomic mass is 32.1. The van der Waals surface area contributed by atoms with Gasteiger partial charge in [-0.2, -0.15) is 18.4 Å². The van der Waals surface area contributed by atoms with E-state index in [4.69, 9.17) is 0 Å². The molecule has 0 atom stereocenters. The Morgan fingerprint density at radius 1 is 1.29 bits per heavy atom.